The lowest BCUT2D eigenvalue weighted by atomic mass is 9.81. The molecule has 7 nitrogen and oxygen atoms in total. The summed E-state index contributed by atoms with van der Waals surface area (Å²) in [5, 5.41) is 4.54. The normalized spacial score (nSPS) is 15.4. The van der Waals surface area contributed by atoms with E-state index in [0.29, 0.717) is 29.7 Å². The number of aromatic nitrogens is 2. The first-order valence-electron chi connectivity index (χ1n) is 11.5. The van der Waals surface area contributed by atoms with Gasteiger partial charge in [0.25, 0.3) is 5.91 Å². The molecule has 8 heteroatoms. The minimum absolute atomic E-state index is 0.111. The minimum atomic E-state index is -0.348. The number of amides is 2. The molecule has 1 fully saturated rings. The Hall–Kier alpha value is -2.48. The van der Waals surface area contributed by atoms with Crippen LogP contribution in [0.15, 0.2) is 41.8 Å². The molecule has 2 aromatic rings. The molecule has 1 aliphatic heterocycles. The number of hydrogen-bond acceptors (Lipinski definition) is 5. The van der Waals surface area contributed by atoms with Crippen molar-refractivity contribution in [2.75, 3.05) is 13.1 Å². The van der Waals surface area contributed by atoms with Crippen molar-refractivity contribution in [2.45, 2.75) is 69.8 Å². The van der Waals surface area contributed by atoms with Crippen molar-refractivity contribution >= 4 is 23.8 Å². The van der Waals surface area contributed by atoms with Crippen molar-refractivity contribution < 1.29 is 14.3 Å². The smallest absolute Gasteiger partial charge is 0.410 e. The third-order valence-electron chi connectivity index (χ3n) is 5.50. The van der Waals surface area contributed by atoms with E-state index in [-0.39, 0.29) is 23.0 Å². The number of rotatable bonds is 6. The Kier molecular flexibility index (Phi) is 7.77. The van der Waals surface area contributed by atoms with Crippen LogP contribution >= 0.6 is 11.8 Å². The van der Waals surface area contributed by atoms with Gasteiger partial charge >= 0.3 is 6.09 Å². The lowest BCUT2D eigenvalue weighted by molar-refractivity contribution is 0.0891. The van der Waals surface area contributed by atoms with Crippen molar-refractivity contribution in [2.24, 2.45) is 12.5 Å². The zero-order chi connectivity index (χ0) is 24.2. The Morgan fingerprint density at radius 1 is 1.12 bits per heavy atom. The summed E-state index contributed by atoms with van der Waals surface area (Å²) in [7, 11) is 1.99. The number of aryl methyl sites for hydroxylation is 1. The average Bonchev–Trinajstić information content (AvgIpc) is 3.11. The van der Waals surface area contributed by atoms with E-state index in [1.807, 2.05) is 31.7 Å². The summed E-state index contributed by atoms with van der Waals surface area (Å²) >= 11 is 1.76. The van der Waals surface area contributed by atoms with Gasteiger partial charge in [-0.25, -0.2) is 9.78 Å². The standard InChI is InChI=1S/C25H36N4O3S/c1-24(2,3)17-25(4,5)27-21(30)18-7-9-19(10-8-18)32-23(31)29-14-11-20(12-15-29)33-22-26-13-16-28(22)6/h7-10,13,16,20H,11-12,14-15,17H2,1-6H3,(H,27,30). The molecule has 33 heavy (non-hydrogen) atoms. The summed E-state index contributed by atoms with van der Waals surface area (Å²) in [4.78, 5) is 31.4. The van der Waals surface area contributed by atoms with Crippen LogP contribution in [0.3, 0.4) is 0 Å². The molecule has 1 aromatic heterocycles. The van der Waals surface area contributed by atoms with Gasteiger partial charge < -0.3 is 19.5 Å². The van der Waals surface area contributed by atoms with Crippen LogP contribution in [0.2, 0.25) is 0 Å². The fourth-order valence-corrected chi connectivity index (χ4v) is 5.45. The van der Waals surface area contributed by atoms with Crippen molar-refractivity contribution in [3.8, 4) is 5.75 Å². The van der Waals surface area contributed by atoms with Gasteiger partial charge in [0.1, 0.15) is 5.75 Å². The van der Waals surface area contributed by atoms with Crippen molar-refractivity contribution in [1.82, 2.24) is 19.8 Å². The molecular weight excluding hydrogens is 436 g/mol. The number of nitrogens with one attached hydrogen (secondary N) is 1. The number of nitrogens with zero attached hydrogens (tertiary/aromatic N) is 3. The maximum absolute atomic E-state index is 12.7. The Balaban J connectivity index is 1.48. The SMILES string of the molecule is Cn1ccnc1SC1CCN(C(=O)Oc2ccc(C(=O)NC(C)(C)CC(C)(C)C)cc2)CC1. The molecule has 1 aromatic carbocycles. The molecule has 2 heterocycles. The predicted octanol–water partition coefficient (Wildman–Crippen LogP) is 5.12. The zero-order valence-corrected chi connectivity index (χ0v) is 21.4. The van der Waals surface area contributed by atoms with E-state index in [0.717, 1.165) is 24.4 Å². The number of ether oxygens (including phenoxy) is 1. The number of carbonyl (C=O) groups is 2. The Morgan fingerprint density at radius 3 is 2.30 bits per heavy atom. The molecular formula is C25H36N4O3S. The highest BCUT2D eigenvalue weighted by molar-refractivity contribution is 7.99. The van der Waals surface area contributed by atoms with Crippen LogP contribution in [0.5, 0.6) is 5.75 Å². The highest BCUT2D eigenvalue weighted by Gasteiger charge is 2.28. The number of piperidine rings is 1. The monoisotopic (exact) mass is 472 g/mol. The van der Waals surface area contributed by atoms with Gasteiger partial charge in [0, 0.05) is 48.9 Å². The van der Waals surface area contributed by atoms with Crippen LogP contribution in [0.4, 0.5) is 4.79 Å². The van der Waals surface area contributed by atoms with Crippen LogP contribution in [0, 0.1) is 5.41 Å². The second-order valence-corrected chi connectivity index (χ2v) is 11.9. The Bertz CT molecular complexity index is 955. The molecule has 0 bridgehead atoms. The van der Waals surface area contributed by atoms with Crippen LogP contribution < -0.4 is 10.1 Å². The third kappa shape index (κ3) is 7.52. The van der Waals surface area contributed by atoms with Gasteiger partial charge in [-0.1, -0.05) is 32.5 Å². The molecule has 0 spiro atoms. The first-order chi connectivity index (χ1) is 15.4. The highest BCUT2D eigenvalue weighted by Crippen LogP contribution is 2.30. The maximum Gasteiger partial charge on any atom is 0.415 e. The molecule has 3 rings (SSSR count). The largest absolute Gasteiger partial charge is 0.415 e. The van der Waals surface area contributed by atoms with Crippen molar-refractivity contribution in [3.63, 3.8) is 0 Å². The van der Waals surface area contributed by atoms with E-state index in [2.05, 4.69) is 31.1 Å². The minimum Gasteiger partial charge on any atom is -0.410 e. The summed E-state index contributed by atoms with van der Waals surface area (Å²) < 4.78 is 7.56. The number of benzene rings is 1. The Labute approximate surface area is 201 Å². The number of carbonyl (C=O) groups excluding carboxylic acids is 2. The maximum atomic E-state index is 12.7. The van der Waals surface area contributed by atoms with Crippen molar-refractivity contribution in [3.05, 3.63) is 42.2 Å². The first-order valence-corrected chi connectivity index (χ1v) is 12.3. The van der Waals surface area contributed by atoms with E-state index < -0.39 is 0 Å². The molecule has 180 valence electrons. The van der Waals surface area contributed by atoms with E-state index in [1.54, 1.807) is 47.1 Å². The number of imidazole rings is 1. The molecule has 1 N–H and O–H groups in total. The summed E-state index contributed by atoms with van der Waals surface area (Å²) in [5.41, 5.74) is 0.338. The van der Waals surface area contributed by atoms with E-state index in [9.17, 15) is 9.59 Å². The highest BCUT2D eigenvalue weighted by atomic mass is 32.2. The summed E-state index contributed by atoms with van der Waals surface area (Å²) in [5.74, 6) is 0.310. The molecule has 1 saturated heterocycles. The van der Waals surface area contributed by atoms with E-state index >= 15 is 0 Å². The fourth-order valence-electron chi connectivity index (χ4n) is 4.36. The second kappa shape index (κ2) is 10.2. The van der Waals surface area contributed by atoms with E-state index in [4.69, 9.17) is 4.74 Å². The van der Waals surface area contributed by atoms with Gasteiger partial charge in [0.2, 0.25) is 0 Å². The molecule has 2 amide bonds. The summed E-state index contributed by atoms with van der Waals surface area (Å²) in [6.45, 7) is 11.9. The van der Waals surface area contributed by atoms with Gasteiger partial charge in [-0.3, -0.25) is 4.79 Å². The average molecular weight is 473 g/mol. The van der Waals surface area contributed by atoms with Crippen molar-refractivity contribution in [1.29, 1.82) is 0 Å². The lowest BCUT2D eigenvalue weighted by Crippen LogP contribution is -2.45. The fraction of sp³-hybridized carbons (Fsp3) is 0.560. The second-order valence-electron chi connectivity index (χ2n) is 10.6. The topological polar surface area (TPSA) is 76.5 Å². The molecule has 0 atom stereocenters. The van der Waals surface area contributed by atoms with Gasteiger partial charge in [-0.15, -0.1) is 0 Å². The number of likely N-dealkylation sites (tertiary alicyclic amines) is 1. The molecule has 0 aliphatic carbocycles. The molecule has 0 saturated carbocycles. The first kappa shape index (κ1) is 25.1. The lowest BCUT2D eigenvalue weighted by Gasteiger charge is -2.33. The van der Waals surface area contributed by atoms with Gasteiger partial charge in [-0.2, -0.15) is 0 Å². The zero-order valence-electron chi connectivity index (χ0n) is 20.6. The van der Waals surface area contributed by atoms with Crippen LogP contribution in [0.25, 0.3) is 0 Å². The summed E-state index contributed by atoms with van der Waals surface area (Å²) in [6.07, 6.45) is 6.05. The quantitative estimate of drug-likeness (QED) is 0.631. The molecule has 0 unspecified atom stereocenters. The van der Waals surface area contributed by atoms with Crippen LogP contribution in [-0.4, -0.2) is 50.3 Å². The predicted molar refractivity (Wildman–Crippen MR) is 132 cm³/mol. The number of hydrogen-bond donors (Lipinski definition) is 1. The van der Waals surface area contributed by atoms with Gasteiger partial charge in [0.05, 0.1) is 0 Å². The Morgan fingerprint density at radius 2 is 1.76 bits per heavy atom. The van der Waals surface area contributed by atoms with Crippen LogP contribution in [0.1, 0.15) is 64.2 Å². The van der Waals surface area contributed by atoms with Gasteiger partial charge in [0.15, 0.2) is 5.16 Å². The summed E-state index contributed by atoms with van der Waals surface area (Å²) in [6, 6.07) is 6.74. The number of thioether (sulfide) groups is 1. The van der Waals surface area contributed by atoms with Crippen LogP contribution in [-0.2, 0) is 7.05 Å². The van der Waals surface area contributed by atoms with Gasteiger partial charge in [-0.05, 0) is 62.8 Å². The van der Waals surface area contributed by atoms with E-state index in [1.165, 1.54) is 0 Å². The third-order valence-corrected chi connectivity index (χ3v) is 6.90. The molecule has 0 radical (unpaired) electrons. The molecule has 1 aliphatic rings.